The summed E-state index contributed by atoms with van der Waals surface area (Å²) in [5, 5.41) is 8.28. The van der Waals surface area contributed by atoms with Crippen LogP contribution < -0.4 is 4.90 Å². The van der Waals surface area contributed by atoms with Crippen molar-refractivity contribution in [1.29, 1.82) is 0 Å². The van der Waals surface area contributed by atoms with E-state index in [2.05, 4.69) is 78.4 Å². The Morgan fingerprint density at radius 2 is 1.82 bits per heavy atom. The highest BCUT2D eigenvalue weighted by molar-refractivity contribution is 5.75. The van der Waals surface area contributed by atoms with E-state index in [9.17, 15) is 0 Å². The summed E-state index contributed by atoms with van der Waals surface area (Å²) in [7, 11) is 1.92. The lowest BCUT2D eigenvalue weighted by atomic mass is 10.1. The van der Waals surface area contributed by atoms with Gasteiger partial charge in [0.25, 0.3) is 0 Å². The molecule has 3 aromatic rings. The largest absolute Gasteiger partial charge is 0.365 e. The third kappa shape index (κ3) is 2.82. The highest BCUT2D eigenvalue weighted by atomic mass is 15.4. The van der Waals surface area contributed by atoms with Gasteiger partial charge in [0.2, 0.25) is 0 Å². The van der Waals surface area contributed by atoms with Crippen molar-refractivity contribution in [3.63, 3.8) is 0 Å². The maximum absolute atomic E-state index is 4.21. The maximum atomic E-state index is 4.21. The van der Waals surface area contributed by atoms with Crippen LogP contribution in [0.4, 0.5) is 5.69 Å². The lowest BCUT2D eigenvalue weighted by molar-refractivity contribution is 0.683. The van der Waals surface area contributed by atoms with Gasteiger partial charge in [0.05, 0.1) is 5.52 Å². The monoisotopic (exact) mass is 294 g/mol. The molecule has 1 heterocycles. The molecule has 22 heavy (non-hydrogen) atoms. The fraction of sp³-hybridized carbons (Fsp3) is 0.333. The number of benzene rings is 2. The SMILES string of the molecule is Cc1ccc(N(Cc2ccc3c(c2)nnn3C)C(C)C)cc1. The molecule has 0 radical (unpaired) electrons. The molecule has 3 rings (SSSR count). The van der Waals surface area contributed by atoms with Crippen molar-refractivity contribution in [2.24, 2.45) is 7.05 Å². The van der Waals surface area contributed by atoms with Gasteiger partial charge in [-0.3, -0.25) is 0 Å². The Labute approximate surface area is 131 Å². The topological polar surface area (TPSA) is 34.0 Å². The van der Waals surface area contributed by atoms with E-state index in [1.165, 1.54) is 16.8 Å². The lowest BCUT2D eigenvalue weighted by Crippen LogP contribution is -2.30. The first-order chi connectivity index (χ1) is 10.5. The molecule has 2 aromatic carbocycles. The van der Waals surface area contributed by atoms with E-state index in [-0.39, 0.29) is 0 Å². The van der Waals surface area contributed by atoms with Crippen LogP contribution in [0.1, 0.15) is 25.0 Å². The summed E-state index contributed by atoms with van der Waals surface area (Å²) >= 11 is 0. The molecule has 0 aliphatic heterocycles. The Morgan fingerprint density at radius 3 is 2.50 bits per heavy atom. The second-order valence-corrected chi connectivity index (χ2v) is 6.09. The zero-order valence-corrected chi connectivity index (χ0v) is 13.6. The molecule has 1 aromatic heterocycles. The Hall–Kier alpha value is -2.36. The molecule has 0 N–H and O–H groups in total. The van der Waals surface area contributed by atoms with Gasteiger partial charge in [-0.05, 0) is 50.6 Å². The summed E-state index contributed by atoms with van der Waals surface area (Å²) < 4.78 is 1.80. The normalized spacial score (nSPS) is 11.3. The summed E-state index contributed by atoms with van der Waals surface area (Å²) in [6, 6.07) is 15.5. The van der Waals surface area contributed by atoms with E-state index in [1.807, 2.05) is 7.05 Å². The molecule has 0 bridgehead atoms. The first-order valence-electron chi connectivity index (χ1n) is 7.66. The van der Waals surface area contributed by atoms with Crippen LogP contribution in [0.25, 0.3) is 11.0 Å². The van der Waals surface area contributed by atoms with E-state index in [4.69, 9.17) is 0 Å². The van der Waals surface area contributed by atoms with Gasteiger partial charge in [-0.1, -0.05) is 29.0 Å². The number of rotatable bonds is 4. The summed E-state index contributed by atoms with van der Waals surface area (Å²) in [5.41, 5.74) is 5.80. The van der Waals surface area contributed by atoms with Crippen molar-refractivity contribution in [3.8, 4) is 0 Å². The van der Waals surface area contributed by atoms with Crippen molar-refractivity contribution in [1.82, 2.24) is 15.0 Å². The Bertz CT molecular complexity index is 771. The average molecular weight is 294 g/mol. The number of anilines is 1. The predicted molar refractivity (Wildman–Crippen MR) is 91.0 cm³/mol. The van der Waals surface area contributed by atoms with Crippen LogP contribution in [0.5, 0.6) is 0 Å². The fourth-order valence-electron chi connectivity index (χ4n) is 2.69. The molecule has 4 heteroatoms. The van der Waals surface area contributed by atoms with Crippen LogP contribution in [-0.2, 0) is 13.6 Å². The van der Waals surface area contributed by atoms with Crippen molar-refractivity contribution in [2.75, 3.05) is 4.90 Å². The van der Waals surface area contributed by atoms with Crippen molar-refractivity contribution in [3.05, 3.63) is 53.6 Å². The van der Waals surface area contributed by atoms with E-state index in [0.29, 0.717) is 6.04 Å². The van der Waals surface area contributed by atoms with Gasteiger partial charge in [-0.25, -0.2) is 4.68 Å². The number of nitrogens with zero attached hydrogens (tertiary/aromatic N) is 4. The molecule has 0 spiro atoms. The quantitative estimate of drug-likeness (QED) is 0.736. The van der Waals surface area contributed by atoms with Gasteiger partial charge in [-0.15, -0.1) is 5.10 Å². The van der Waals surface area contributed by atoms with E-state index in [1.54, 1.807) is 4.68 Å². The van der Waals surface area contributed by atoms with Crippen LogP contribution >= 0.6 is 0 Å². The zero-order valence-electron chi connectivity index (χ0n) is 13.6. The molecule has 114 valence electrons. The molecule has 0 amide bonds. The minimum Gasteiger partial charge on any atom is -0.365 e. The van der Waals surface area contributed by atoms with Gasteiger partial charge in [0.15, 0.2) is 0 Å². The summed E-state index contributed by atoms with van der Waals surface area (Å²) in [5.74, 6) is 0. The van der Waals surface area contributed by atoms with Gasteiger partial charge in [0.1, 0.15) is 5.52 Å². The van der Waals surface area contributed by atoms with E-state index >= 15 is 0 Å². The minimum absolute atomic E-state index is 0.431. The van der Waals surface area contributed by atoms with Crippen LogP contribution in [0, 0.1) is 6.92 Å². The number of aryl methyl sites for hydroxylation is 2. The average Bonchev–Trinajstić information content (AvgIpc) is 2.87. The van der Waals surface area contributed by atoms with Crippen LogP contribution in [0.3, 0.4) is 0 Å². The fourth-order valence-corrected chi connectivity index (χ4v) is 2.69. The Balaban J connectivity index is 1.90. The van der Waals surface area contributed by atoms with Crippen LogP contribution in [0.15, 0.2) is 42.5 Å². The van der Waals surface area contributed by atoms with E-state index < -0.39 is 0 Å². The van der Waals surface area contributed by atoms with Gasteiger partial charge >= 0.3 is 0 Å². The molecule has 0 unspecified atom stereocenters. The third-order valence-electron chi connectivity index (χ3n) is 4.02. The lowest BCUT2D eigenvalue weighted by Gasteiger charge is -2.29. The van der Waals surface area contributed by atoms with E-state index in [0.717, 1.165) is 17.6 Å². The predicted octanol–water partition coefficient (Wildman–Crippen LogP) is 3.69. The van der Waals surface area contributed by atoms with Gasteiger partial charge in [0, 0.05) is 25.3 Å². The molecule has 0 aliphatic rings. The first-order valence-corrected chi connectivity index (χ1v) is 7.66. The molecule has 0 saturated carbocycles. The number of hydrogen-bond acceptors (Lipinski definition) is 3. The van der Waals surface area contributed by atoms with Crippen LogP contribution in [0.2, 0.25) is 0 Å². The van der Waals surface area contributed by atoms with Crippen molar-refractivity contribution < 1.29 is 0 Å². The maximum Gasteiger partial charge on any atom is 0.113 e. The Kier molecular flexibility index (Phi) is 3.84. The highest BCUT2D eigenvalue weighted by Gasteiger charge is 2.12. The smallest absolute Gasteiger partial charge is 0.113 e. The number of hydrogen-bond donors (Lipinski definition) is 0. The zero-order chi connectivity index (χ0) is 15.7. The minimum atomic E-state index is 0.431. The van der Waals surface area contributed by atoms with Gasteiger partial charge < -0.3 is 4.90 Å². The third-order valence-corrected chi connectivity index (χ3v) is 4.02. The molecule has 0 saturated heterocycles. The standard InChI is InChI=1S/C18H22N4/c1-13(2)22(16-8-5-14(3)6-9-16)12-15-7-10-18-17(11-15)19-20-21(18)4/h5-11,13H,12H2,1-4H3. The molecule has 4 nitrogen and oxygen atoms in total. The second kappa shape index (κ2) is 5.79. The molecular weight excluding hydrogens is 272 g/mol. The van der Waals surface area contributed by atoms with Gasteiger partial charge in [-0.2, -0.15) is 0 Å². The second-order valence-electron chi connectivity index (χ2n) is 6.09. The Morgan fingerprint density at radius 1 is 1.09 bits per heavy atom. The van der Waals surface area contributed by atoms with Crippen molar-refractivity contribution >= 4 is 16.7 Å². The molecule has 0 atom stereocenters. The summed E-state index contributed by atoms with van der Waals surface area (Å²) in [6.45, 7) is 7.43. The van der Waals surface area contributed by atoms with Crippen molar-refractivity contribution in [2.45, 2.75) is 33.4 Å². The van der Waals surface area contributed by atoms with Crippen LogP contribution in [-0.4, -0.2) is 21.0 Å². The summed E-state index contributed by atoms with van der Waals surface area (Å²) in [4.78, 5) is 2.40. The molecule has 0 aliphatic carbocycles. The summed E-state index contributed by atoms with van der Waals surface area (Å²) in [6.07, 6.45) is 0. The highest BCUT2D eigenvalue weighted by Crippen LogP contribution is 2.22. The first kappa shape index (κ1) is 14.6. The number of aromatic nitrogens is 3. The number of fused-ring (bicyclic) bond motifs is 1. The molecular formula is C18H22N4. The molecule has 0 fully saturated rings.